The van der Waals surface area contributed by atoms with Crippen molar-refractivity contribution in [3.8, 4) is 0 Å². The molecule has 2 aromatic carbocycles. The minimum absolute atomic E-state index is 0.110. The van der Waals surface area contributed by atoms with Crippen LogP contribution in [0.5, 0.6) is 0 Å². The van der Waals surface area contributed by atoms with Gasteiger partial charge in [-0.1, -0.05) is 19.1 Å². The van der Waals surface area contributed by atoms with Crippen LogP contribution in [-0.4, -0.2) is 31.8 Å². The topological polar surface area (TPSA) is 101 Å². The Morgan fingerprint density at radius 3 is 2.30 bits per heavy atom. The molecule has 0 spiro atoms. The van der Waals surface area contributed by atoms with Crippen LogP contribution in [-0.2, 0) is 14.8 Å². The van der Waals surface area contributed by atoms with E-state index < -0.39 is 27.8 Å². The molecule has 8 heteroatoms. The number of carbonyl (C=O) groups excluding carboxylic acids is 3. The summed E-state index contributed by atoms with van der Waals surface area (Å²) in [5.74, 6) is -1.81. The van der Waals surface area contributed by atoms with Gasteiger partial charge in [0.1, 0.15) is 0 Å². The number of Topliss-reactive ketones (excluding diaryl/α,β-unsaturated/α-hetero) is 1. The van der Waals surface area contributed by atoms with Gasteiger partial charge in [0.2, 0.25) is 15.9 Å². The molecule has 0 aromatic heterocycles. The zero-order valence-electron chi connectivity index (χ0n) is 14.8. The Bertz CT molecular complexity index is 1030. The van der Waals surface area contributed by atoms with Gasteiger partial charge in [-0.25, -0.2) is 12.7 Å². The van der Waals surface area contributed by atoms with Crippen molar-refractivity contribution in [3.05, 3.63) is 59.7 Å². The molecule has 0 radical (unpaired) electrons. The number of hydrogen-bond acceptors (Lipinski definition) is 5. The Morgan fingerprint density at radius 2 is 1.74 bits per heavy atom. The van der Waals surface area contributed by atoms with Crippen LogP contribution in [0.2, 0.25) is 0 Å². The molecule has 1 atom stereocenters. The molecule has 0 unspecified atom stereocenters. The van der Waals surface area contributed by atoms with Gasteiger partial charge in [0, 0.05) is 16.8 Å². The standard InChI is InChI=1S/C19H18N2O5S/c1-12-11-27(25,26)21(19(12)24)17-8-6-14(7-9-17)18(23)20-16-5-3-4-15(10-16)13(2)22/h3-10,12H,11H2,1-2H3,(H,20,23)/t12-/m0/s1. The van der Waals surface area contributed by atoms with E-state index in [0.717, 1.165) is 4.31 Å². The maximum Gasteiger partial charge on any atom is 0.255 e. The molecular weight excluding hydrogens is 368 g/mol. The van der Waals surface area contributed by atoms with Crippen molar-refractivity contribution < 1.29 is 22.8 Å². The minimum atomic E-state index is -3.68. The van der Waals surface area contributed by atoms with E-state index in [9.17, 15) is 22.8 Å². The van der Waals surface area contributed by atoms with Crippen LogP contribution in [0.15, 0.2) is 48.5 Å². The number of nitrogens with zero attached hydrogens (tertiary/aromatic N) is 1. The van der Waals surface area contributed by atoms with Gasteiger partial charge in [-0.3, -0.25) is 14.4 Å². The molecular formula is C19H18N2O5S. The Labute approximate surface area is 157 Å². The zero-order valence-corrected chi connectivity index (χ0v) is 15.6. The molecule has 1 aliphatic rings. The van der Waals surface area contributed by atoms with Gasteiger partial charge in [0.15, 0.2) is 5.78 Å². The summed E-state index contributed by atoms with van der Waals surface area (Å²) >= 11 is 0. The Kier molecular flexibility index (Phi) is 4.84. The van der Waals surface area contributed by atoms with Crippen molar-refractivity contribution in [1.29, 1.82) is 0 Å². The molecule has 0 saturated carbocycles. The molecule has 1 fully saturated rings. The van der Waals surface area contributed by atoms with Crippen LogP contribution >= 0.6 is 0 Å². The smallest absolute Gasteiger partial charge is 0.255 e. The third-order valence-corrected chi connectivity index (χ3v) is 6.12. The van der Waals surface area contributed by atoms with Gasteiger partial charge in [0.25, 0.3) is 5.91 Å². The third kappa shape index (κ3) is 3.75. The molecule has 3 rings (SSSR count). The predicted molar refractivity (Wildman–Crippen MR) is 101 cm³/mol. The van der Waals surface area contributed by atoms with E-state index in [-0.39, 0.29) is 17.2 Å². The second-order valence-corrected chi connectivity index (χ2v) is 8.28. The van der Waals surface area contributed by atoms with E-state index in [2.05, 4.69) is 5.32 Å². The fraction of sp³-hybridized carbons (Fsp3) is 0.211. The molecule has 1 saturated heterocycles. The molecule has 1 heterocycles. The average molecular weight is 386 g/mol. The second-order valence-electron chi connectivity index (χ2n) is 6.42. The van der Waals surface area contributed by atoms with Crippen molar-refractivity contribution in [2.24, 2.45) is 5.92 Å². The number of sulfonamides is 1. The first-order valence-corrected chi connectivity index (χ1v) is 9.89. The number of benzene rings is 2. The fourth-order valence-corrected chi connectivity index (χ4v) is 4.67. The van der Waals surface area contributed by atoms with Crippen LogP contribution < -0.4 is 9.62 Å². The largest absolute Gasteiger partial charge is 0.322 e. The molecule has 2 amide bonds. The van der Waals surface area contributed by atoms with Crippen molar-refractivity contribution in [2.45, 2.75) is 13.8 Å². The Balaban J connectivity index is 1.79. The quantitative estimate of drug-likeness (QED) is 0.814. The van der Waals surface area contributed by atoms with Gasteiger partial charge in [-0.05, 0) is 43.3 Å². The summed E-state index contributed by atoms with van der Waals surface area (Å²) in [6, 6.07) is 12.3. The number of carbonyl (C=O) groups is 3. The lowest BCUT2D eigenvalue weighted by atomic mass is 10.1. The molecule has 7 nitrogen and oxygen atoms in total. The van der Waals surface area contributed by atoms with Crippen molar-refractivity contribution in [3.63, 3.8) is 0 Å². The molecule has 140 valence electrons. The lowest BCUT2D eigenvalue weighted by Gasteiger charge is -2.15. The summed E-state index contributed by atoms with van der Waals surface area (Å²) in [6.45, 7) is 3.01. The number of ketones is 1. The summed E-state index contributed by atoms with van der Waals surface area (Å²) in [7, 11) is -3.68. The van der Waals surface area contributed by atoms with Gasteiger partial charge in [-0.15, -0.1) is 0 Å². The van der Waals surface area contributed by atoms with Crippen LogP contribution in [0.1, 0.15) is 34.6 Å². The number of anilines is 2. The normalized spacial score (nSPS) is 18.4. The highest BCUT2D eigenvalue weighted by molar-refractivity contribution is 7.94. The van der Waals surface area contributed by atoms with Gasteiger partial charge in [-0.2, -0.15) is 0 Å². The van der Waals surface area contributed by atoms with Crippen molar-refractivity contribution in [1.82, 2.24) is 0 Å². The first kappa shape index (κ1) is 18.8. The van der Waals surface area contributed by atoms with E-state index in [1.54, 1.807) is 31.2 Å². The lowest BCUT2D eigenvalue weighted by molar-refractivity contribution is -0.119. The fourth-order valence-electron chi connectivity index (χ4n) is 2.85. The molecule has 2 aromatic rings. The summed E-state index contributed by atoms with van der Waals surface area (Å²) in [5, 5.41) is 2.68. The first-order valence-electron chi connectivity index (χ1n) is 8.28. The van der Waals surface area contributed by atoms with E-state index in [1.807, 2.05) is 0 Å². The number of amides is 2. The molecule has 27 heavy (non-hydrogen) atoms. The van der Waals surface area contributed by atoms with Gasteiger partial charge in [0.05, 0.1) is 17.4 Å². The summed E-state index contributed by atoms with van der Waals surface area (Å²) in [6.07, 6.45) is 0. The average Bonchev–Trinajstić information content (AvgIpc) is 2.82. The van der Waals surface area contributed by atoms with Crippen molar-refractivity contribution in [2.75, 3.05) is 15.4 Å². The summed E-state index contributed by atoms with van der Waals surface area (Å²) < 4.78 is 25.0. The predicted octanol–water partition coefficient (Wildman–Crippen LogP) is 2.45. The highest BCUT2D eigenvalue weighted by Gasteiger charge is 2.41. The SMILES string of the molecule is CC(=O)c1cccc(NC(=O)c2ccc(N3C(=O)[C@@H](C)CS3(=O)=O)cc2)c1. The van der Waals surface area contributed by atoms with E-state index in [1.165, 1.54) is 31.2 Å². The molecule has 1 aliphatic heterocycles. The maximum absolute atomic E-state index is 12.4. The maximum atomic E-state index is 12.4. The summed E-state index contributed by atoms with van der Waals surface area (Å²) in [5.41, 5.74) is 1.46. The van der Waals surface area contributed by atoms with E-state index in [4.69, 9.17) is 0 Å². The van der Waals surface area contributed by atoms with Crippen LogP contribution in [0.4, 0.5) is 11.4 Å². The zero-order chi connectivity index (χ0) is 19.8. The Hall–Kier alpha value is -3.00. The highest BCUT2D eigenvalue weighted by atomic mass is 32.2. The van der Waals surface area contributed by atoms with Crippen LogP contribution in [0, 0.1) is 5.92 Å². The number of nitrogens with one attached hydrogen (secondary N) is 1. The Morgan fingerprint density at radius 1 is 1.07 bits per heavy atom. The van der Waals surface area contributed by atoms with Crippen LogP contribution in [0.3, 0.4) is 0 Å². The highest BCUT2D eigenvalue weighted by Crippen LogP contribution is 2.28. The summed E-state index contributed by atoms with van der Waals surface area (Å²) in [4.78, 5) is 35.9. The van der Waals surface area contributed by atoms with E-state index >= 15 is 0 Å². The minimum Gasteiger partial charge on any atom is -0.322 e. The molecule has 0 bridgehead atoms. The second kappa shape index (κ2) is 6.96. The van der Waals surface area contributed by atoms with E-state index in [0.29, 0.717) is 16.8 Å². The first-order chi connectivity index (χ1) is 12.7. The number of rotatable bonds is 4. The van der Waals surface area contributed by atoms with Crippen molar-refractivity contribution >= 4 is 39.0 Å². The molecule has 0 aliphatic carbocycles. The third-order valence-electron chi connectivity index (χ3n) is 4.25. The number of hydrogen-bond donors (Lipinski definition) is 1. The monoisotopic (exact) mass is 386 g/mol. The molecule has 1 N–H and O–H groups in total. The lowest BCUT2D eigenvalue weighted by Crippen LogP contribution is -2.30. The van der Waals surface area contributed by atoms with Gasteiger partial charge < -0.3 is 5.32 Å². The van der Waals surface area contributed by atoms with Crippen LogP contribution in [0.25, 0.3) is 0 Å². The van der Waals surface area contributed by atoms with Gasteiger partial charge >= 0.3 is 0 Å².